The molecule has 0 radical (unpaired) electrons. The van der Waals surface area contributed by atoms with Crippen LogP contribution >= 0.6 is 0 Å². The van der Waals surface area contributed by atoms with Gasteiger partial charge in [0.25, 0.3) is 0 Å². The average molecular weight is 224 g/mol. The Morgan fingerprint density at radius 2 is 2.38 bits per heavy atom. The Kier molecular flexibility index (Phi) is 3.90. The van der Waals surface area contributed by atoms with Gasteiger partial charge in [0.2, 0.25) is 0 Å². The van der Waals surface area contributed by atoms with Crippen LogP contribution in [0.15, 0.2) is 0 Å². The molecule has 5 heteroatoms. The van der Waals surface area contributed by atoms with Crippen molar-refractivity contribution < 1.29 is 4.74 Å². The molecule has 5 nitrogen and oxygen atoms in total. The van der Waals surface area contributed by atoms with Crippen molar-refractivity contribution in [1.29, 1.82) is 0 Å². The predicted molar refractivity (Wildman–Crippen MR) is 61.1 cm³/mol. The van der Waals surface area contributed by atoms with Crippen LogP contribution in [0.4, 0.5) is 0 Å². The number of fused-ring (bicyclic) bond motifs is 1. The summed E-state index contributed by atoms with van der Waals surface area (Å²) in [7, 11) is 1.73. The molecule has 90 valence electrons. The number of rotatable bonds is 5. The highest BCUT2D eigenvalue weighted by Crippen LogP contribution is 2.19. The maximum Gasteiger partial charge on any atom is 0.133 e. The summed E-state index contributed by atoms with van der Waals surface area (Å²) < 4.78 is 7.30. The number of methoxy groups -OCH3 is 1. The van der Waals surface area contributed by atoms with E-state index in [0.717, 1.165) is 57.0 Å². The number of ether oxygens (including phenoxy) is 1. The summed E-state index contributed by atoms with van der Waals surface area (Å²) in [6, 6.07) is 0. The Labute approximate surface area is 96.0 Å². The lowest BCUT2D eigenvalue weighted by Crippen LogP contribution is -2.27. The van der Waals surface area contributed by atoms with Gasteiger partial charge in [-0.15, -0.1) is 10.2 Å². The molecule has 0 saturated heterocycles. The molecular formula is C11H20N4O. The van der Waals surface area contributed by atoms with Crippen LogP contribution < -0.4 is 5.73 Å². The van der Waals surface area contributed by atoms with E-state index in [-0.39, 0.29) is 0 Å². The molecule has 1 aliphatic rings. The second-order valence-corrected chi connectivity index (χ2v) is 4.38. The van der Waals surface area contributed by atoms with Crippen LogP contribution in [-0.4, -0.2) is 35.0 Å². The minimum absolute atomic E-state index is 0.588. The molecule has 2 N–H and O–H groups in total. The van der Waals surface area contributed by atoms with Crippen LogP contribution in [0.5, 0.6) is 0 Å². The number of hydrogen-bond donors (Lipinski definition) is 1. The van der Waals surface area contributed by atoms with E-state index in [0.29, 0.717) is 5.92 Å². The lowest BCUT2D eigenvalue weighted by molar-refractivity contribution is 0.194. The fourth-order valence-corrected chi connectivity index (χ4v) is 2.20. The maximum absolute atomic E-state index is 5.73. The highest BCUT2D eigenvalue weighted by Gasteiger charge is 2.21. The summed E-state index contributed by atoms with van der Waals surface area (Å²) in [5.74, 6) is 2.80. The van der Waals surface area contributed by atoms with Crippen molar-refractivity contribution in [2.75, 3.05) is 20.3 Å². The molecule has 16 heavy (non-hydrogen) atoms. The third kappa shape index (κ3) is 2.41. The zero-order chi connectivity index (χ0) is 11.4. The van der Waals surface area contributed by atoms with Crippen molar-refractivity contribution in [1.82, 2.24) is 14.8 Å². The van der Waals surface area contributed by atoms with Gasteiger partial charge >= 0.3 is 0 Å². The summed E-state index contributed by atoms with van der Waals surface area (Å²) in [4.78, 5) is 0. The maximum atomic E-state index is 5.73. The summed E-state index contributed by atoms with van der Waals surface area (Å²) >= 11 is 0. The number of nitrogens with two attached hydrogens (primary N) is 1. The predicted octanol–water partition coefficient (Wildman–Crippen LogP) is 0.378. The second-order valence-electron chi connectivity index (χ2n) is 4.38. The summed E-state index contributed by atoms with van der Waals surface area (Å²) in [5.41, 5.74) is 5.73. The SMILES string of the molecule is COCCCc1nnc2n1CC(CN)CC2. The Bertz CT molecular complexity index is 337. The number of nitrogens with zero attached hydrogens (tertiary/aromatic N) is 3. The Morgan fingerprint density at radius 3 is 3.12 bits per heavy atom. The van der Waals surface area contributed by atoms with Crippen LogP contribution in [0.2, 0.25) is 0 Å². The van der Waals surface area contributed by atoms with Crippen molar-refractivity contribution in [2.24, 2.45) is 11.7 Å². The van der Waals surface area contributed by atoms with Gasteiger partial charge in [-0.1, -0.05) is 0 Å². The summed E-state index contributed by atoms with van der Waals surface area (Å²) in [6.07, 6.45) is 4.10. The molecule has 0 bridgehead atoms. The van der Waals surface area contributed by atoms with E-state index in [1.165, 1.54) is 0 Å². The Morgan fingerprint density at radius 1 is 1.50 bits per heavy atom. The quantitative estimate of drug-likeness (QED) is 0.734. The smallest absolute Gasteiger partial charge is 0.133 e. The third-order valence-corrected chi connectivity index (χ3v) is 3.20. The molecule has 1 unspecified atom stereocenters. The van der Waals surface area contributed by atoms with E-state index in [1.54, 1.807) is 7.11 Å². The van der Waals surface area contributed by atoms with E-state index in [1.807, 2.05) is 0 Å². The largest absolute Gasteiger partial charge is 0.385 e. The number of aryl methyl sites for hydroxylation is 2. The van der Waals surface area contributed by atoms with Crippen LogP contribution in [0.3, 0.4) is 0 Å². The van der Waals surface area contributed by atoms with E-state index in [9.17, 15) is 0 Å². The molecule has 1 atom stereocenters. The van der Waals surface area contributed by atoms with E-state index >= 15 is 0 Å². The van der Waals surface area contributed by atoms with Crippen LogP contribution in [0.1, 0.15) is 24.5 Å². The van der Waals surface area contributed by atoms with Crippen molar-refractivity contribution >= 4 is 0 Å². The van der Waals surface area contributed by atoms with Crippen molar-refractivity contribution in [3.8, 4) is 0 Å². The van der Waals surface area contributed by atoms with E-state index in [2.05, 4.69) is 14.8 Å². The Hall–Kier alpha value is -0.940. The normalized spacial score (nSPS) is 19.8. The molecule has 0 fully saturated rings. The number of hydrogen-bond acceptors (Lipinski definition) is 4. The van der Waals surface area contributed by atoms with Gasteiger partial charge < -0.3 is 15.0 Å². The lowest BCUT2D eigenvalue weighted by atomic mass is 9.99. The fraction of sp³-hybridized carbons (Fsp3) is 0.818. The van der Waals surface area contributed by atoms with Crippen LogP contribution in [0, 0.1) is 5.92 Å². The van der Waals surface area contributed by atoms with Crippen molar-refractivity contribution in [2.45, 2.75) is 32.2 Å². The fourth-order valence-electron chi connectivity index (χ4n) is 2.20. The third-order valence-electron chi connectivity index (χ3n) is 3.20. The van der Waals surface area contributed by atoms with Crippen molar-refractivity contribution in [3.63, 3.8) is 0 Å². The van der Waals surface area contributed by atoms with Gasteiger partial charge in [-0.3, -0.25) is 0 Å². The van der Waals surface area contributed by atoms with Crippen molar-refractivity contribution in [3.05, 3.63) is 11.6 Å². The molecule has 1 aliphatic heterocycles. The monoisotopic (exact) mass is 224 g/mol. The average Bonchev–Trinajstić information content (AvgIpc) is 2.72. The van der Waals surface area contributed by atoms with E-state index < -0.39 is 0 Å². The van der Waals surface area contributed by atoms with Gasteiger partial charge in [0.15, 0.2) is 0 Å². The van der Waals surface area contributed by atoms with E-state index in [4.69, 9.17) is 10.5 Å². The topological polar surface area (TPSA) is 66.0 Å². The first kappa shape index (κ1) is 11.5. The molecular weight excluding hydrogens is 204 g/mol. The molecule has 0 saturated carbocycles. The highest BCUT2D eigenvalue weighted by molar-refractivity contribution is 5.00. The van der Waals surface area contributed by atoms with Crippen LogP contribution in [-0.2, 0) is 24.1 Å². The van der Waals surface area contributed by atoms with Crippen LogP contribution in [0.25, 0.3) is 0 Å². The van der Waals surface area contributed by atoms with Gasteiger partial charge in [-0.2, -0.15) is 0 Å². The second kappa shape index (κ2) is 5.41. The first-order valence-electron chi connectivity index (χ1n) is 5.95. The Balaban J connectivity index is 2.01. The lowest BCUT2D eigenvalue weighted by Gasteiger charge is -2.22. The molecule has 1 aromatic heterocycles. The minimum atomic E-state index is 0.588. The zero-order valence-corrected chi connectivity index (χ0v) is 9.85. The van der Waals surface area contributed by atoms with Gasteiger partial charge in [0, 0.05) is 33.1 Å². The van der Waals surface area contributed by atoms with Gasteiger partial charge in [0.1, 0.15) is 11.6 Å². The summed E-state index contributed by atoms with van der Waals surface area (Å²) in [5, 5.41) is 8.49. The van der Waals surface area contributed by atoms with Gasteiger partial charge in [-0.25, -0.2) is 0 Å². The molecule has 2 heterocycles. The minimum Gasteiger partial charge on any atom is -0.385 e. The molecule has 0 amide bonds. The number of aromatic nitrogens is 3. The molecule has 0 spiro atoms. The molecule has 2 rings (SSSR count). The first-order valence-corrected chi connectivity index (χ1v) is 5.95. The first-order chi connectivity index (χ1) is 7.85. The zero-order valence-electron chi connectivity index (χ0n) is 9.85. The molecule has 0 aliphatic carbocycles. The molecule has 1 aromatic rings. The summed E-state index contributed by atoms with van der Waals surface area (Å²) in [6.45, 7) is 2.53. The standard InChI is InChI=1S/C11H20N4O/c1-16-6-2-3-10-13-14-11-5-4-9(7-12)8-15(10)11/h9H,2-8,12H2,1H3. The van der Waals surface area contributed by atoms with Gasteiger partial charge in [0.05, 0.1) is 0 Å². The highest BCUT2D eigenvalue weighted by atomic mass is 16.5. The van der Waals surface area contributed by atoms with Gasteiger partial charge in [-0.05, 0) is 25.3 Å². The molecule has 0 aromatic carbocycles.